The van der Waals surface area contributed by atoms with Gasteiger partial charge in [0.2, 0.25) is 5.91 Å². The van der Waals surface area contributed by atoms with Gasteiger partial charge in [-0.05, 0) is 74.2 Å². The number of aryl methyl sites for hydroxylation is 2. The summed E-state index contributed by atoms with van der Waals surface area (Å²) in [6, 6.07) is 11.1. The van der Waals surface area contributed by atoms with Crippen LogP contribution in [-0.4, -0.2) is 21.0 Å². The van der Waals surface area contributed by atoms with E-state index in [4.69, 9.17) is 9.97 Å². The maximum atomic E-state index is 13.1. The first-order valence-electron chi connectivity index (χ1n) is 9.81. The van der Waals surface area contributed by atoms with Crippen LogP contribution in [0.5, 0.6) is 5.75 Å². The van der Waals surface area contributed by atoms with Gasteiger partial charge in [0, 0.05) is 5.56 Å². The average Bonchev–Trinajstić information content (AvgIpc) is 2.69. The number of carbonyl (C=O) groups excluding carboxylic acids is 1. The van der Waals surface area contributed by atoms with Crippen molar-refractivity contribution in [1.82, 2.24) is 9.97 Å². The lowest BCUT2D eigenvalue weighted by molar-refractivity contribution is -0.115. The molecule has 152 valence electrons. The Morgan fingerprint density at radius 2 is 1.90 bits per heavy atom. The van der Waals surface area contributed by atoms with Gasteiger partial charge >= 0.3 is 0 Å². The topological polar surface area (TPSA) is 75.1 Å². The number of hydrogen-bond donors (Lipinski definition) is 2. The number of phenolic OH excluding ortho intramolecular Hbond substituents is 1. The Labute approximate surface area is 174 Å². The normalized spacial score (nSPS) is 12.0. The van der Waals surface area contributed by atoms with Crippen molar-refractivity contribution in [2.24, 2.45) is 0 Å². The molecule has 0 unspecified atom stereocenters. The number of carbonyl (C=O) groups is 1. The smallest absolute Gasteiger partial charge is 0.230 e. The van der Waals surface area contributed by atoms with Gasteiger partial charge in [0.15, 0.2) is 5.82 Å². The Bertz CT molecular complexity index is 1150. The molecule has 1 aromatic heterocycles. The fourth-order valence-electron chi connectivity index (χ4n) is 3.57. The molecule has 0 saturated heterocycles. The quantitative estimate of drug-likeness (QED) is 0.663. The van der Waals surface area contributed by atoms with Crippen LogP contribution in [0.15, 0.2) is 48.0 Å². The SMILES string of the molecule is CC(C)=Cc1nc2c(nc1NC(=O)Cc1ccc(F)cc1)CCc1cc(O)ccc1-2. The lowest BCUT2D eigenvalue weighted by Crippen LogP contribution is -2.19. The molecule has 2 aromatic carbocycles. The molecule has 1 heterocycles. The number of allylic oxidation sites excluding steroid dienone is 1. The van der Waals surface area contributed by atoms with Crippen molar-refractivity contribution in [3.8, 4) is 17.0 Å². The second-order valence-corrected chi connectivity index (χ2v) is 7.67. The number of phenols is 1. The third-order valence-corrected chi connectivity index (χ3v) is 4.93. The molecule has 0 saturated carbocycles. The summed E-state index contributed by atoms with van der Waals surface area (Å²) >= 11 is 0. The molecule has 1 amide bonds. The first-order chi connectivity index (χ1) is 14.4. The van der Waals surface area contributed by atoms with E-state index < -0.39 is 0 Å². The predicted octanol–water partition coefficient (Wildman–Crippen LogP) is 4.69. The molecule has 4 rings (SSSR count). The Morgan fingerprint density at radius 1 is 1.13 bits per heavy atom. The van der Waals surface area contributed by atoms with E-state index in [1.54, 1.807) is 24.3 Å². The number of anilines is 1. The summed E-state index contributed by atoms with van der Waals surface area (Å²) in [4.78, 5) is 22.1. The Hall–Kier alpha value is -3.54. The summed E-state index contributed by atoms with van der Waals surface area (Å²) in [5, 5.41) is 12.6. The largest absolute Gasteiger partial charge is 0.508 e. The minimum absolute atomic E-state index is 0.120. The van der Waals surface area contributed by atoms with Gasteiger partial charge in [-0.3, -0.25) is 4.79 Å². The number of amides is 1. The number of benzene rings is 2. The minimum atomic E-state index is -0.334. The molecule has 3 aromatic rings. The zero-order valence-corrected chi connectivity index (χ0v) is 16.9. The molecule has 6 heteroatoms. The average molecular weight is 403 g/mol. The summed E-state index contributed by atoms with van der Waals surface area (Å²) in [5.74, 6) is 0.0863. The standard InChI is InChI=1S/C24H22FN3O2/c1-14(2)11-21-24(28-22(30)12-15-3-6-17(25)7-4-15)27-20-10-5-16-13-18(29)8-9-19(16)23(20)26-21/h3-4,6-9,11,13,29H,5,10,12H2,1-2H3,(H,27,28,30). The van der Waals surface area contributed by atoms with Crippen LogP contribution >= 0.6 is 0 Å². The van der Waals surface area contributed by atoms with Crippen LogP contribution in [0, 0.1) is 5.82 Å². The van der Waals surface area contributed by atoms with Gasteiger partial charge in [0.05, 0.1) is 17.8 Å². The van der Waals surface area contributed by atoms with Crippen molar-refractivity contribution < 1.29 is 14.3 Å². The Kier molecular flexibility index (Phi) is 5.31. The van der Waals surface area contributed by atoms with Gasteiger partial charge in [0.1, 0.15) is 17.3 Å². The summed E-state index contributed by atoms with van der Waals surface area (Å²) in [6.07, 6.45) is 3.43. The maximum Gasteiger partial charge on any atom is 0.230 e. The van der Waals surface area contributed by atoms with E-state index in [0.717, 1.165) is 40.1 Å². The molecule has 0 spiro atoms. The molecular formula is C24H22FN3O2. The van der Waals surface area contributed by atoms with E-state index >= 15 is 0 Å². The van der Waals surface area contributed by atoms with E-state index in [-0.39, 0.29) is 23.9 Å². The zero-order valence-electron chi connectivity index (χ0n) is 16.9. The van der Waals surface area contributed by atoms with Crippen molar-refractivity contribution in [1.29, 1.82) is 0 Å². The van der Waals surface area contributed by atoms with Crippen molar-refractivity contribution in [2.75, 3.05) is 5.32 Å². The fraction of sp³-hybridized carbons (Fsp3) is 0.208. The second kappa shape index (κ2) is 8.06. The van der Waals surface area contributed by atoms with Gasteiger partial charge in [-0.2, -0.15) is 0 Å². The van der Waals surface area contributed by atoms with Crippen LogP contribution in [0.25, 0.3) is 17.3 Å². The van der Waals surface area contributed by atoms with Crippen molar-refractivity contribution in [3.05, 3.63) is 76.4 Å². The monoisotopic (exact) mass is 403 g/mol. The highest BCUT2D eigenvalue weighted by molar-refractivity contribution is 5.93. The molecule has 0 radical (unpaired) electrons. The van der Waals surface area contributed by atoms with Crippen molar-refractivity contribution >= 4 is 17.8 Å². The lowest BCUT2D eigenvalue weighted by atomic mass is 9.91. The number of nitrogens with zero attached hydrogens (tertiary/aromatic N) is 2. The summed E-state index contributed by atoms with van der Waals surface area (Å²) < 4.78 is 13.1. The number of nitrogens with one attached hydrogen (secondary N) is 1. The molecular weight excluding hydrogens is 381 g/mol. The first kappa shape index (κ1) is 19.8. The van der Waals surface area contributed by atoms with E-state index in [1.807, 2.05) is 26.0 Å². The van der Waals surface area contributed by atoms with E-state index in [9.17, 15) is 14.3 Å². The number of rotatable bonds is 4. The van der Waals surface area contributed by atoms with Crippen molar-refractivity contribution in [3.63, 3.8) is 0 Å². The lowest BCUT2D eigenvalue weighted by Gasteiger charge is -2.20. The fourth-order valence-corrected chi connectivity index (χ4v) is 3.57. The van der Waals surface area contributed by atoms with Crippen LogP contribution in [0.2, 0.25) is 0 Å². The number of fused-ring (bicyclic) bond motifs is 3. The number of hydrogen-bond acceptors (Lipinski definition) is 4. The molecule has 30 heavy (non-hydrogen) atoms. The van der Waals surface area contributed by atoms with Crippen LogP contribution in [0.4, 0.5) is 10.2 Å². The Balaban J connectivity index is 1.68. The van der Waals surface area contributed by atoms with Crippen LogP contribution in [0.1, 0.15) is 36.4 Å². The van der Waals surface area contributed by atoms with E-state index in [1.165, 1.54) is 12.1 Å². The Morgan fingerprint density at radius 3 is 2.63 bits per heavy atom. The van der Waals surface area contributed by atoms with Crippen LogP contribution < -0.4 is 5.32 Å². The van der Waals surface area contributed by atoms with Gasteiger partial charge < -0.3 is 10.4 Å². The molecule has 1 aliphatic carbocycles. The maximum absolute atomic E-state index is 13.1. The number of aromatic hydroxyl groups is 1. The highest BCUT2D eigenvalue weighted by Gasteiger charge is 2.22. The molecule has 2 N–H and O–H groups in total. The molecule has 1 aliphatic rings. The molecule has 5 nitrogen and oxygen atoms in total. The van der Waals surface area contributed by atoms with Crippen LogP contribution in [-0.2, 0) is 24.1 Å². The molecule has 0 bridgehead atoms. The molecule has 0 atom stereocenters. The third-order valence-electron chi connectivity index (χ3n) is 4.93. The molecule has 0 aliphatic heterocycles. The predicted molar refractivity (Wildman–Crippen MR) is 115 cm³/mol. The highest BCUT2D eigenvalue weighted by atomic mass is 19.1. The van der Waals surface area contributed by atoms with Crippen LogP contribution in [0.3, 0.4) is 0 Å². The highest BCUT2D eigenvalue weighted by Crippen LogP contribution is 2.34. The minimum Gasteiger partial charge on any atom is -0.508 e. The summed E-state index contributed by atoms with van der Waals surface area (Å²) in [6.45, 7) is 3.91. The van der Waals surface area contributed by atoms with E-state index in [2.05, 4.69) is 5.32 Å². The second-order valence-electron chi connectivity index (χ2n) is 7.67. The van der Waals surface area contributed by atoms with Gasteiger partial charge in [-0.15, -0.1) is 0 Å². The summed E-state index contributed by atoms with van der Waals surface area (Å²) in [7, 11) is 0. The van der Waals surface area contributed by atoms with E-state index in [0.29, 0.717) is 17.9 Å². The van der Waals surface area contributed by atoms with Crippen molar-refractivity contribution in [2.45, 2.75) is 33.1 Å². The summed E-state index contributed by atoms with van der Waals surface area (Å²) in [5.41, 5.74) is 5.91. The van der Waals surface area contributed by atoms with Gasteiger partial charge in [-0.1, -0.05) is 17.7 Å². The zero-order chi connectivity index (χ0) is 21.3. The number of aromatic nitrogens is 2. The first-order valence-corrected chi connectivity index (χ1v) is 9.81. The number of halogens is 1. The third kappa shape index (κ3) is 4.22. The van der Waals surface area contributed by atoms with Gasteiger partial charge in [0.25, 0.3) is 0 Å². The van der Waals surface area contributed by atoms with Gasteiger partial charge in [-0.25, -0.2) is 14.4 Å². The molecule has 0 fully saturated rings.